The number of aromatic carboxylic acids is 1. The van der Waals surface area contributed by atoms with Crippen molar-refractivity contribution in [1.29, 1.82) is 0 Å². The van der Waals surface area contributed by atoms with Crippen molar-refractivity contribution in [1.82, 2.24) is 4.98 Å². The van der Waals surface area contributed by atoms with Crippen LogP contribution >= 0.6 is 0 Å². The van der Waals surface area contributed by atoms with Gasteiger partial charge in [0.2, 0.25) is 0 Å². The molecule has 0 radical (unpaired) electrons. The van der Waals surface area contributed by atoms with E-state index in [0.717, 1.165) is 5.39 Å². The number of carboxylic acid groups (broad SMARTS) is 1. The molecule has 1 N–H and O–H groups in total. The Morgan fingerprint density at radius 2 is 1.62 bits per heavy atom. The summed E-state index contributed by atoms with van der Waals surface area (Å²) < 4.78 is 16.5. The molecule has 6 heteroatoms. The van der Waals surface area contributed by atoms with Gasteiger partial charge in [0.05, 0.1) is 25.3 Å². The maximum Gasteiger partial charge on any atom is 0.335 e. The quantitative estimate of drug-likeness (QED) is 0.770. The van der Waals surface area contributed by atoms with Crippen LogP contribution < -0.4 is 14.2 Å². The maximum atomic E-state index is 10.9. The molecular weight excluding hydrogens is 310 g/mol. The summed E-state index contributed by atoms with van der Waals surface area (Å²) in [6.45, 7) is 0. The second-order valence-corrected chi connectivity index (χ2v) is 4.97. The molecule has 0 amide bonds. The molecule has 6 nitrogen and oxygen atoms in total. The normalized spacial score (nSPS) is 10.4. The summed E-state index contributed by atoms with van der Waals surface area (Å²) in [5.74, 6) is 1.29. The number of hydrogen-bond acceptors (Lipinski definition) is 5. The molecule has 0 atom stereocenters. The summed E-state index contributed by atoms with van der Waals surface area (Å²) in [4.78, 5) is 15.2. The van der Waals surface area contributed by atoms with Crippen LogP contribution in [0.1, 0.15) is 10.4 Å². The largest absolute Gasteiger partial charge is 0.493 e. The van der Waals surface area contributed by atoms with Crippen molar-refractivity contribution in [2.75, 3.05) is 14.2 Å². The highest BCUT2D eigenvalue weighted by molar-refractivity contribution is 5.89. The Morgan fingerprint density at radius 3 is 2.25 bits per heavy atom. The van der Waals surface area contributed by atoms with Gasteiger partial charge >= 0.3 is 5.97 Å². The summed E-state index contributed by atoms with van der Waals surface area (Å²) in [7, 11) is 3.12. The SMILES string of the molecule is COc1cc2nccc(Oc3ccc(C(=O)O)cc3)c2cc1OC. The molecule has 0 spiro atoms. The first-order valence-electron chi connectivity index (χ1n) is 7.14. The van der Waals surface area contributed by atoms with E-state index in [1.54, 1.807) is 50.7 Å². The first-order chi connectivity index (χ1) is 11.6. The third kappa shape index (κ3) is 2.94. The van der Waals surface area contributed by atoms with Crippen molar-refractivity contribution in [2.45, 2.75) is 0 Å². The minimum atomic E-state index is -0.979. The van der Waals surface area contributed by atoms with Crippen molar-refractivity contribution in [3.63, 3.8) is 0 Å². The maximum absolute atomic E-state index is 10.9. The molecule has 0 saturated heterocycles. The van der Waals surface area contributed by atoms with E-state index in [9.17, 15) is 4.79 Å². The molecular formula is C18H15NO5. The molecule has 0 aliphatic heterocycles. The van der Waals surface area contributed by atoms with Gasteiger partial charge in [-0.2, -0.15) is 0 Å². The van der Waals surface area contributed by atoms with E-state index in [0.29, 0.717) is 28.5 Å². The lowest BCUT2D eigenvalue weighted by atomic mass is 10.1. The molecule has 0 aliphatic carbocycles. The van der Waals surface area contributed by atoms with Gasteiger partial charge in [-0.3, -0.25) is 4.98 Å². The molecule has 24 heavy (non-hydrogen) atoms. The number of nitrogens with zero attached hydrogens (tertiary/aromatic N) is 1. The topological polar surface area (TPSA) is 77.9 Å². The number of carbonyl (C=O) groups is 1. The predicted molar refractivity (Wildman–Crippen MR) is 88.3 cm³/mol. The summed E-state index contributed by atoms with van der Waals surface area (Å²) in [6, 6.07) is 11.5. The van der Waals surface area contributed by atoms with Crippen LogP contribution in [-0.2, 0) is 0 Å². The Morgan fingerprint density at radius 1 is 0.958 bits per heavy atom. The number of pyridine rings is 1. The summed E-state index contributed by atoms with van der Waals surface area (Å²) in [5, 5.41) is 9.70. The van der Waals surface area contributed by atoms with Crippen LogP contribution in [0.15, 0.2) is 48.7 Å². The second kappa shape index (κ2) is 6.45. The zero-order valence-corrected chi connectivity index (χ0v) is 13.1. The summed E-state index contributed by atoms with van der Waals surface area (Å²) in [6.07, 6.45) is 1.63. The van der Waals surface area contributed by atoms with E-state index in [2.05, 4.69) is 4.98 Å². The fraction of sp³-hybridized carbons (Fsp3) is 0.111. The number of rotatable bonds is 5. The van der Waals surface area contributed by atoms with Crippen LogP contribution in [0.2, 0.25) is 0 Å². The van der Waals surface area contributed by atoms with E-state index in [4.69, 9.17) is 19.3 Å². The van der Waals surface area contributed by atoms with Gasteiger partial charge in [-0.1, -0.05) is 0 Å². The van der Waals surface area contributed by atoms with Crippen LogP contribution in [0.3, 0.4) is 0 Å². The Bertz CT molecular complexity index is 890. The zero-order valence-electron chi connectivity index (χ0n) is 13.1. The fourth-order valence-electron chi connectivity index (χ4n) is 2.33. The van der Waals surface area contributed by atoms with Crippen LogP contribution in [-0.4, -0.2) is 30.3 Å². The van der Waals surface area contributed by atoms with E-state index in [1.165, 1.54) is 12.1 Å². The number of hydrogen-bond donors (Lipinski definition) is 1. The third-order valence-electron chi connectivity index (χ3n) is 3.54. The Hall–Kier alpha value is -3.28. The Labute approximate surface area is 138 Å². The minimum Gasteiger partial charge on any atom is -0.493 e. The number of carboxylic acids is 1. The number of fused-ring (bicyclic) bond motifs is 1. The van der Waals surface area contributed by atoms with Crippen molar-refractivity contribution in [2.24, 2.45) is 0 Å². The smallest absolute Gasteiger partial charge is 0.335 e. The van der Waals surface area contributed by atoms with Crippen LogP contribution in [0.25, 0.3) is 10.9 Å². The first kappa shape index (κ1) is 15.6. The fourth-order valence-corrected chi connectivity index (χ4v) is 2.33. The monoisotopic (exact) mass is 325 g/mol. The molecule has 122 valence electrons. The van der Waals surface area contributed by atoms with Crippen LogP contribution in [0.5, 0.6) is 23.0 Å². The minimum absolute atomic E-state index is 0.202. The standard InChI is InChI=1S/C18H15NO5/c1-22-16-9-13-14(10-17(16)23-2)19-8-7-15(13)24-12-5-3-11(4-6-12)18(20)21/h3-10H,1-2H3,(H,20,21). The lowest BCUT2D eigenvalue weighted by Gasteiger charge is -2.12. The van der Waals surface area contributed by atoms with Gasteiger partial charge in [0.15, 0.2) is 11.5 Å². The van der Waals surface area contributed by atoms with Gasteiger partial charge in [0.25, 0.3) is 0 Å². The van der Waals surface area contributed by atoms with E-state index in [1.807, 2.05) is 0 Å². The van der Waals surface area contributed by atoms with Gasteiger partial charge < -0.3 is 19.3 Å². The van der Waals surface area contributed by atoms with E-state index >= 15 is 0 Å². The number of ether oxygens (including phenoxy) is 3. The van der Waals surface area contributed by atoms with Gasteiger partial charge in [-0.25, -0.2) is 4.79 Å². The first-order valence-corrected chi connectivity index (χ1v) is 7.14. The lowest BCUT2D eigenvalue weighted by molar-refractivity contribution is 0.0697. The number of benzene rings is 2. The van der Waals surface area contributed by atoms with E-state index < -0.39 is 5.97 Å². The third-order valence-corrected chi connectivity index (χ3v) is 3.54. The molecule has 0 fully saturated rings. The molecule has 2 aromatic carbocycles. The van der Waals surface area contributed by atoms with Crippen molar-refractivity contribution in [3.05, 3.63) is 54.2 Å². The van der Waals surface area contributed by atoms with Gasteiger partial charge in [-0.05, 0) is 36.4 Å². The van der Waals surface area contributed by atoms with Crippen molar-refractivity contribution in [3.8, 4) is 23.0 Å². The second-order valence-electron chi connectivity index (χ2n) is 4.97. The van der Waals surface area contributed by atoms with Crippen molar-refractivity contribution >= 4 is 16.9 Å². The molecule has 1 aromatic heterocycles. The molecule has 0 aliphatic rings. The highest BCUT2D eigenvalue weighted by Gasteiger charge is 2.11. The molecule has 0 unspecified atom stereocenters. The molecule has 1 heterocycles. The molecule has 0 saturated carbocycles. The predicted octanol–water partition coefficient (Wildman–Crippen LogP) is 3.74. The summed E-state index contributed by atoms with van der Waals surface area (Å²) >= 11 is 0. The van der Waals surface area contributed by atoms with Gasteiger partial charge in [0, 0.05) is 17.6 Å². The Balaban J connectivity index is 2.01. The molecule has 0 bridgehead atoms. The van der Waals surface area contributed by atoms with E-state index in [-0.39, 0.29) is 5.56 Å². The Kier molecular flexibility index (Phi) is 4.20. The average Bonchev–Trinajstić information content (AvgIpc) is 2.61. The lowest BCUT2D eigenvalue weighted by Crippen LogP contribution is -1.96. The molecule has 3 rings (SSSR count). The zero-order chi connectivity index (χ0) is 17.1. The summed E-state index contributed by atoms with van der Waals surface area (Å²) in [5.41, 5.74) is 0.903. The highest BCUT2D eigenvalue weighted by atomic mass is 16.5. The van der Waals surface area contributed by atoms with Crippen molar-refractivity contribution < 1.29 is 24.1 Å². The number of methoxy groups -OCH3 is 2. The van der Waals surface area contributed by atoms with Crippen LogP contribution in [0, 0.1) is 0 Å². The average molecular weight is 325 g/mol. The molecule has 3 aromatic rings. The van der Waals surface area contributed by atoms with Gasteiger partial charge in [-0.15, -0.1) is 0 Å². The van der Waals surface area contributed by atoms with Gasteiger partial charge in [0.1, 0.15) is 11.5 Å². The number of aromatic nitrogens is 1. The highest BCUT2D eigenvalue weighted by Crippen LogP contribution is 2.36. The van der Waals surface area contributed by atoms with Crippen LogP contribution in [0.4, 0.5) is 0 Å².